The van der Waals surface area contributed by atoms with Crippen molar-refractivity contribution in [2.45, 2.75) is 25.9 Å². The Morgan fingerprint density at radius 3 is 2.75 bits per heavy atom. The molecule has 1 aromatic carbocycles. The van der Waals surface area contributed by atoms with Crippen LogP contribution in [0, 0.1) is 0 Å². The quantitative estimate of drug-likeness (QED) is 0.886. The topological polar surface area (TPSA) is 72.9 Å². The first-order chi connectivity index (χ1) is 9.19. The molecule has 3 N–H and O–H groups in total. The lowest BCUT2D eigenvalue weighted by atomic mass is 10.2. The van der Waals surface area contributed by atoms with Gasteiger partial charge in [0, 0.05) is 6.20 Å². The maximum Gasteiger partial charge on any atom is 0.241 e. The first-order valence-corrected chi connectivity index (χ1v) is 6.32. The summed E-state index contributed by atoms with van der Waals surface area (Å²) in [6.45, 7) is 2.56. The number of benzene rings is 1. The summed E-state index contributed by atoms with van der Waals surface area (Å²) in [6.07, 6.45) is 4.04. The van der Waals surface area contributed by atoms with E-state index in [9.17, 15) is 4.79 Å². The van der Waals surface area contributed by atoms with Crippen molar-refractivity contribution in [2.75, 3.05) is 5.32 Å². The molecule has 20 heavy (non-hydrogen) atoms. The Hall–Kier alpha value is -1.85. The summed E-state index contributed by atoms with van der Waals surface area (Å²) in [5.74, 6) is -0.179. The van der Waals surface area contributed by atoms with E-state index in [1.54, 1.807) is 17.1 Å². The number of hydrogen-bond acceptors (Lipinski definition) is 3. The van der Waals surface area contributed by atoms with E-state index < -0.39 is 6.04 Å². The molecule has 0 bridgehead atoms. The van der Waals surface area contributed by atoms with Crippen LogP contribution in [0.3, 0.4) is 0 Å². The molecule has 1 atom stereocenters. The Morgan fingerprint density at radius 2 is 2.10 bits per heavy atom. The molecule has 2 aromatic rings. The van der Waals surface area contributed by atoms with Gasteiger partial charge in [0.1, 0.15) is 0 Å². The maximum absolute atomic E-state index is 11.6. The number of hydrogen-bond donors (Lipinski definition) is 2. The van der Waals surface area contributed by atoms with Crippen LogP contribution >= 0.6 is 12.4 Å². The molecule has 1 amide bonds. The van der Waals surface area contributed by atoms with Crippen LogP contribution in [0.1, 0.15) is 18.9 Å². The molecule has 0 fully saturated rings. The van der Waals surface area contributed by atoms with Gasteiger partial charge >= 0.3 is 0 Å². The molecule has 1 heterocycles. The van der Waals surface area contributed by atoms with E-state index in [-0.39, 0.29) is 18.3 Å². The average molecular weight is 295 g/mol. The summed E-state index contributed by atoms with van der Waals surface area (Å²) in [5.41, 5.74) is 7.49. The van der Waals surface area contributed by atoms with E-state index in [0.29, 0.717) is 18.7 Å². The number of anilines is 1. The second-order valence-electron chi connectivity index (χ2n) is 4.42. The zero-order valence-electron chi connectivity index (χ0n) is 11.3. The molecule has 0 aliphatic rings. The van der Waals surface area contributed by atoms with Gasteiger partial charge in [-0.15, -0.1) is 12.4 Å². The normalized spacial score (nSPS) is 11.5. The van der Waals surface area contributed by atoms with Gasteiger partial charge in [-0.3, -0.25) is 9.48 Å². The van der Waals surface area contributed by atoms with Gasteiger partial charge in [-0.1, -0.05) is 37.3 Å². The van der Waals surface area contributed by atoms with Crippen molar-refractivity contribution >= 4 is 24.0 Å². The molecular formula is C14H19ClN4O. The van der Waals surface area contributed by atoms with Crippen molar-refractivity contribution in [3.8, 4) is 0 Å². The molecule has 2 rings (SSSR count). The van der Waals surface area contributed by atoms with Crippen LogP contribution in [0.15, 0.2) is 42.7 Å². The van der Waals surface area contributed by atoms with Crippen LogP contribution in [-0.4, -0.2) is 21.7 Å². The minimum absolute atomic E-state index is 0. The number of aromatic nitrogens is 2. The van der Waals surface area contributed by atoms with E-state index >= 15 is 0 Å². The number of carbonyl (C=O) groups is 1. The smallest absolute Gasteiger partial charge is 0.241 e. The van der Waals surface area contributed by atoms with E-state index in [0.717, 1.165) is 5.56 Å². The highest BCUT2D eigenvalue weighted by atomic mass is 35.5. The molecule has 1 aromatic heterocycles. The predicted molar refractivity (Wildman–Crippen MR) is 81.9 cm³/mol. The molecule has 0 aliphatic heterocycles. The second kappa shape index (κ2) is 7.67. The summed E-state index contributed by atoms with van der Waals surface area (Å²) >= 11 is 0. The van der Waals surface area contributed by atoms with Crippen molar-refractivity contribution in [3.05, 3.63) is 48.3 Å². The number of rotatable bonds is 5. The van der Waals surface area contributed by atoms with Crippen LogP contribution in [-0.2, 0) is 11.3 Å². The molecule has 0 unspecified atom stereocenters. The zero-order valence-corrected chi connectivity index (χ0v) is 12.1. The van der Waals surface area contributed by atoms with Crippen LogP contribution in [0.2, 0.25) is 0 Å². The van der Waals surface area contributed by atoms with Crippen molar-refractivity contribution < 1.29 is 4.79 Å². The van der Waals surface area contributed by atoms with Crippen LogP contribution in [0.5, 0.6) is 0 Å². The van der Waals surface area contributed by atoms with Crippen LogP contribution in [0.4, 0.5) is 5.69 Å². The van der Waals surface area contributed by atoms with Gasteiger partial charge in [0.05, 0.1) is 24.5 Å². The van der Waals surface area contributed by atoms with Crippen molar-refractivity contribution in [2.24, 2.45) is 5.73 Å². The lowest BCUT2D eigenvalue weighted by Crippen LogP contribution is -2.34. The molecule has 0 saturated carbocycles. The van der Waals surface area contributed by atoms with Crippen molar-refractivity contribution in [3.63, 3.8) is 0 Å². The van der Waals surface area contributed by atoms with Crippen LogP contribution in [0.25, 0.3) is 0 Å². The van der Waals surface area contributed by atoms with Crippen molar-refractivity contribution in [1.29, 1.82) is 0 Å². The van der Waals surface area contributed by atoms with E-state index in [2.05, 4.69) is 10.4 Å². The van der Waals surface area contributed by atoms with Gasteiger partial charge in [-0.25, -0.2) is 0 Å². The van der Waals surface area contributed by atoms with Crippen molar-refractivity contribution in [1.82, 2.24) is 9.78 Å². The Kier molecular flexibility index (Phi) is 6.21. The minimum Gasteiger partial charge on any atom is -0.322 e. The highest BCUT2D eigenvalue weighted by Crippen LogP contribution is 2.08. The number of carbonyl (C=O) groups excluding carboxylic acids is 1. The fourth-order valence-corrected chi connectivity index (χ4v) is 1.71. The van der Waals surface area contributed by atoms with E-state index in [1.807, 2.05) is 37.3 Å². The summed E-state index contributed by atoms with van der Waals surface area (Å²) in [7, 11) is 0. The summed E-state index contributed by atoms with van der Waals surface area (Å²) < 4.78 is 1.78. The third-order valence-electron chi connectivity index (χ3n) is 2.86. The van der Waals surface area contributed by atoms with Gasteiger partial charge in [0.2, 0.25) is 5.91 Å². The Bertz CT molecular complexity index is 541. The minimum atomic E-state index is -0.475. The third kappa shape index (κ3) is 4.36. The Labute approximate surface area is 124 Å². The molecule has 0 saturated heterocycles. The Morgan fingerprint density at radius 1 is 1.40 bits per heavy atom. The maximum atomic E-state index is 11.6. The first kappa shape index (κ1) is 16.2. The Balaban J connectivity index is 0.00000200. The highest BCUT2D eigenvalue weighted by molar-refractivity contribution is 5.94. The van der Waals surface area contributed by atoms with Gasteiger partial charge in [0.25, 0.3) is 0 Å². The molecule has 108 valence electrons. The number of amides is 1. The summed E-state index contributed by atoms with van der Waals surface area (Å²) in [4.78, 5) is 11.6. The summed E-state index contributed by atoms with van der Waals surface area (Å²) in [6, 6.07) is 9.55. The number of halogens is 1. The lowest BCUT2D eigenvalue weighted by Gasteiger charge is -2.07. The SMILES string of the molecule is CC[C@H](N)C(=O)Nc1cnn(Cc2ccccc2)c1.Cl. The molecule has 6 heteroatoms. The van der Waals surface area contributed by atoms with Crippen LogP contribution < -0.4 is 11.1 Å². The second-order valence-corrected chi connectivity index (χ2v) is 4.42. The number of nitrogens with two attached hydrogens (primary N) is 1. The fourth-order valence-electron chi connectivity index (χ4n) is 1.71. The van der Waals surface area contributed by atoms with Gasteiger partial charge in [-0.05, 0) is 12.0 Å². The zero-order chi connectivity index (χ0) is 13.7. The standard InChI is InChI=1S/C14H18N4O.ClH/c1-2-13(15)14(19)17-12-8-16-18(10-12)9-11-6-4-3-5-7-11;/h3-8,10,13H,2,9,15H2,1H3,(H,17,19);1H/t13-;/m0./s1. The van der Waals surface area contributed by atoms with Gasteiger partial charge < -0.3 is 11.1 Å². The monoisotopic (exact) mass is 294 g/mol. The fraction of sp³-hybridized carbons (Fsp3) is 0.286. The molecule has 0 aliphatic carbocycles. The van der Waals surface area contributed by atoms with E-state index in [1.165, 1.54) is 0 Å². The first-order valence-electron chi connectivity index (χ1n) is 6.32. The predicted octanol–water partition coefficient (Wildman–Crippen LogP) is 2.03. The third-order valence-corrected chi connectivity index (χ3v) is 2.86. The van der Waals surface area contributed by atoms with E-state index in [4.69, 9.17) is 5.73 Å². The lowest BCUT2D eigenvalue weighted by molar-refractivity contribution is -0.117. The summed E-state index contributed by atoms with van der Waals surface area (Å²) in [5, 5.41) is 6.96. The highest BCUT2D eigenvalue weighted by Gasteiger charge is 2.11. The van der Waals surface area contributed by atoms with Gasteiger partial charge in [-0.2, -0.15) is 5.10 Å². The largest absolute Gasteiger partial charge is 0.322 e. The number of nitrogens with one attached hydrogen (secondary N) is 1. The molecule has 5 nitrogen and oxygen atoms in total. The molecule has 0 spiro atoms. The molecule has 0 radical (unpaired) electrons. The number of nitrogens with zero attached hydrogens (tertiary/aromatic N) is 2. The molecular weight excluding hydrogens is 276 g/mol. The average Bonchev–Trinajstić information content (AvgIpc) is 2.86. The van der Waals surface area contributed by atoms with Gasteiger partial charge in [0.15, 0.2) is 0 Å².